The van der Waals surface area contributed by atoms with Gasteiger partial charge >= 0.3 is 0 Å². The first-order valence-electron chi connectivity index (χ1n) is 19.3. The molecule has 0 bridgehead atoms. The summed E-state index contributed by atoms with van der Waals surface area (Å²) in [6, 6.07) is 14.3. The summed E-state index contributed by atoms with van der Waals surface area (Å²) < 4.78 is 29.6. The fourth-order valence-electron chi connectivity index (χ4n) is 6.58. The molecule has 2 aromatic carbocycles. The molecule has 1 amide bonds. The lowest BCUT2D eigenvalue weighted by molar-refractivity contribution is -0.116. The molecule has 2 heterocycles. The molecule has 0 aliphatic carbocycles. The summed E-state index contributed by atoms with van der Waals surface area (Å²) in [5.74, 6) is -0.0968. The van der Waals surface area contributed by atoms with Crippen LogP contribution in [0.3, 0.4) is 0 Å². The van der Waals surface area contributed by atoms with Crippen LogP contribution in [0.5, 0.6) is 0 Å². The van der Waals surface area contributed by atoms with Crippen molar-refractivity contribution in [3.63, 3.8) is 0 Å². The second kappa shape index (κ2) is 19.6. The molecule has 0 saturated carbocycles. The molecule has 51 heavy (non-hydrogen) atoms. The van der Waals surface area contributed by atoms with Gasteiger partial charge in [-0.15, -0.1) is 5.10 Å². The van der Waals surface area contributed by atoms with Crippen molar-refractivity contribution in [2.45, 2.75) is 159 Å². The number of hydrogen-bond acceptors (Lipinski definition) is 5. The number of aromatic nitrogens is 4. The fraction of sp³-hybridized carbons (Fsp3) is 0.585. The molecule has 2 N–H and O–H groups in total. The third kappa shape index (κ3) is 11.7. The van der Waals surface area contributed by atoms with Crippen LogP contribution >= 0.6 is 11.6 Å². The normalized spacial score (nSPS) is 12.8. The van der Waals surface area contributed by atoms with Gasteiger partial charge in [0.2, 0.25) is 5.91 Å². The van der Waals surface area contributed by atoms with Gasteiger partial charge in [-0.2, -0.15) is 4.63 Å². The highest BCUT2D eigenvalue weighted by Gasteiger charge is 2.34. The summed E-state index contributed by atoms with van der Waals surface area (Å²) in [6.45, 7) is 10.4. The Morgan fingerprint density at radius 3 is 2.06 bits per heavy atom. The van der Waals surface area contributed by atoms with E-state index in [1.807, 2.05) is 19.1 Å². The molecule has 0 aliphatic rings. The number of unbranched alkanes of at least 4 members (excludes halogenated alkanes) is 13. The SMILES string of the molecule is CCCCCCCCCCCCCCCc1cccc(S(=O)(=O)C(CCCC)C(=O)Nc2cccc(-c3nc4c(Cl)c(C(C)(C)C)[nH]n4n3)c2)c1. The number of benzene rings is 2. The third-order valence-corrected chi connectivity index (χ3v) is 12.1. The van der Waals surface area contributed by atoms with E-state index in [4.69, 9.17) is 11.6 Å². The molecule has 4 aromatic rings. The van der Waals surface area contributed by atoms with Crippen LogP contribution in [0.25, 0.3) is 17.0 Å². The van der Waals surface area contributed by atoms with Gasteiger partial charge in [0.05, 0.1) is 10.6 Å². The Hall–Kier alpha value is -3.17. The minimum Gasteiger partial charge on any atom is -0.325 e. The molecule has 1 unspecified atom stereocenters. The van der Waals surface area contributed by atoms with E-state index in [2.05, 4.69) is 48.2 Å². The first-order valence-corrected chi connectivity index (χ1v) is 21.3. The van der Waals surface area contributed by atoms with Crippen LogP contribution in [0.15, 0.2) is 53.4 Å². The highest BCUT2D eigenvalue weighted by atomic mass is 35.5. The van der Waals surface area contributed by atoms with E-state index < -0.39 is 21.0 Å². The Morgan fingerprint density at radius 1 is 0.843 bits per heavy atom. The van der Waals surface area contributed by atoms with Crippen LogP contribution in [0.2, 0.25) is 5.02 Å². The van der Waals surface area contributed by atoms with E-state index in [0.717, 1.165) is 36.9 Å². The number of hydrogen-bond donors (Lipinski definition) is 2. The van der Waals surface area contributed by atoms with Gasteiger partial charge in [0.15, 0.2) is 21.3 Å². The molecule has 0 fully saturated rings. The molecule has 0 saturated heterocycles. The van der Waals surface area contributed by atoms with E-state index in [0.29, 0.717) is 34.2 Å². The molecule has 8 nitrogen and oxygen atoms in total. The van der Waals surface area contributed by atoms with Gasteiger partial charge in [0.25, 0.3) is 0 Å². The minimum atomic E-state index is -3.92. The first kappa shape index (κ1) is 40.6. The van der Waals surface area contributed by atoms with E-state index in [9.17, 15) is 13.2 Å². The van der Waals surface area contributed by atoms with Crippen molar-refractivity contribution >= 4 is 38.7 Å². The quantitative estimate of drug-likeness (QED) is 0.0780. The van der Waals surface area contributed by atoms with Crippen LogP contribution in [0, 0.1) is 0 Å². The lowest BCUT2D eigenvalue weighted by Crippen LogP contribution is -2.35. The minimum absolute atomic E-state index is 0.203. The number of H-pyrrole nitrogens is 1. The van der Waals surface area contributed by atoms with Crippen LogP contribution in [-0.4, -0.2) is 39.4 Å². The Balaban J connectivity index is 1.33. The maximum absolute atomic E-state index is 14.0. The number of fused-ring (bicyclic) bond motifs is 1. The van der Waals surface area contributed by atoms with Crippen molar-refractivity contribution in [3.05, 3.63) is 64.8 Å². The molecule has 0 radical (unpaired) electrons. The molecule has 4 rings (SSSR count). The van der Waals surface area contributed by atoms with Gasteiger partial charge in [-0.25, -0.2) is 13.4 Å². The summed E-state index contributed by atoms with van der Waals surface area (Å²) in [5.41, 5.74) is 3.31. The average molecular weight is 738 g/mol. The van der Waals surface area contributed by atoms with Crippen molar-refractivity contribution < 1.29 is 13.2 Å². The van der Waals surface area contributed by atoms with Crippen LogP contribution in [-0.2, 0) is 26.5 Å². The van der Waals surface area contributed by atoms with Crippen molar-refractivity contribution in [2.75, 3.05) is 5.32 Å². The zero-order valence-corrected chi connectivity index (χ0v) is 33.1. The maximum atomic E-state index is 14.0. The lowest BCUT2D eigenvalue weighted by Gasteiger charge is -2.18. The summed E-state index contributed by atoms with van der Waals surface area (Å²) in [6.07, 6.45) is 19.3. The van der Waals surface area contributed by atoms with Gasteiger partial charge in [-0.1, -0.05) is 160 Å². The highest BCUT2D eigenvalue weighted by molar-refractivity contribution is 7.92. The largest absolute Gasteiger partial charge is 0.325 e. The number of halogens is 1. The number of carbonyl (C=O) groups excluding carboxylic acids is 1. The Kier molecular flexibility index (Phi) is 15.6. The number of nitrogens with one attached hydrogen (secondary N) is 2. The smallest absolute Gasteiger partial charge is 0.243 e. The Bertz CT molecular complexity index is 1790. The van der Waals surface area contributed by atoms with Crippen molar-refractivity contribution in [3.8, 4) is 11.4 Å². The molecule has 10 heteroatoms. The number of aryl methyl sites for hydroxylation is 1. The second-order valence-corrected chi connectivity index (χ2v) is 17.6. The van der Waals surface area contributed by atoms with E-state index in [1.54, 1.807) is 41.0 Å². The van der Waals surface area contributed by atoms with Gasteiger partial charge in [-0.05, 0) is 49.1 Å². The number of sulfone groups is 1. The van der Waals surface area contributed by atoms with Crippen LogP contribution < -0.4 is 5.32 Å². The molecule has 0 aliphatic heterocycles. The van der Waals surface area contributed by atoms with E-state index >= 15 is 0 Å². The number of amides is 1. The monoisotopic (exact) mass is 737 g/mol. The summed E-state index contributed by atoms with van der Waals surface area (Å²) in [5, 5.41) is 9.99. The molecule has 280 valence electrons. The van der Waals surface area contributed by atoms with Crippen molar-refractivity contribution in [2.24, 2.45) is 0 Å². The summed E-state index contributed by atoms with van der Waals surface area (Å²) in [4.78, 5) is 18.6. The van der Waals surface area contributed by atoms with Gasteiger partial charge < -0.3 is 5.32 Å². The summed E-state index contributed by atoms with van der Waals surface area (Å²) in [7, 11) is -3.92. The number of rotatable bonds is 22. The van der Waals surface area contributed by atoms with Gasteiger partial charge in [0.1, 0.15) is 10.3 Å². The number of nitrogens with zero attached hydrogens (tertiary/aromatic N) is 3. The average Bonchev–Trinajstić information content (AvgIpc) is 3.66. The summed E-state index contributed by atoms with van der Waals surface area (Å²) >= 11 is 6.63. The van der Waals surface area contributed by atoms with Gasteiger partial charge in [0, 0.05) is 16.7 Å². The number of anilines is 1. The predicted molar refractivity (Wildman–Crippen MR) is 211 cm³/mol. The van der Waals surface area contributed by atoms with Crippen LogP contribution in [0.4, 0.5) is 5.69 Å². The molecule has 1 atom stereocenters. The van der Waals surface area contributed by atoms with E-state index in [-0.39, 0.29) is 16.7 Å². The molecular weight excluding hydrogens is 678 g/mol. The molecular formula is C41H60ClN5O3S. The second-order valence-electron chi connectivity index (χ2n) is 15.1. The molecule has 0 spiro atoms. The van der Waals surface area contributed by atoms with Gasteiger partial charge in [-0.3, -0.25) is 9.89 Å². The zero-order valence-electron chi connectivity index (χ0n) is 31.6. The molecule has 2 aromatic heterocycles. The lowest BCUT2D eigenvalue weighted by atomic mass is 9.92. The highest BCUT2D eigenvalue weighted by Crippen LogP contribution is 2.32. The van der Waals surface area contributed by atoms with Crippen molar-refractivity contribution in [1.82, 2.24) is 19.8 Å². The first-order chi connectivity index (χ1) is 24.5. The zero-order chi connectivity index (χ0) is 36.9. The predicted octanol–water partition coefficient (Wildman–Crippen LogP) is 11.3. The van der Waals surface area contributed by atoms with Crippen molar-refractivity contribution in [1.29, 1.82) is 0 Å². The maximum Gasteiger partial charge on any atom is 0.243 e. The standard InChI is InChI=1S/C41H60ClN5O3S/c1-6-8-10-11-12-13-14-15-16-17-18-19-20-23-31-24-21-27-34(29-31)51(49,50)35(28-9-7-2)40(48)43-33-26-22-25-32(30-33)38-44-39-36(42)37(41(3,4)5)45-47(39)46-38/h21-22,24-27,29-30,35,45H,6-20,23,28H2,1-5H3,(H,43,48). The topological polar surface area (TPSA) is 109 Å². The Labute approximate surface area is 311 Å². The number of aromatic amines is 1. The fourth-order valence-corrected chi connectivity index (χ4v) is 8.76. The Morgan fingerprint density at radius 2 is 1.45 bits per heavy atom. The third-order valence-electron chi connectivity index (χ3n) is 9.66. The number of carbonyl (C=O) groups is 1. The van der Waals surface area contributed by atoms with E-state index in [1.165, 1.54) is 70.6 Å². The van der Waals surface area contributed by atoms with Crippen LogP contribution in [0.1, 0.15) is 149 Å².